The third-order valence-electron chi connectivity index (χ3n) is 5.66. The Balaban J connectivity index is 1.62. The maximum absolute atomic E-state index is 12.8. The van der Waals surface area contributed by atoms with Gasteiger partial charge in [0.05, 0.1) is 30.7 Å². The topological polar surface area (TPSA) is 79.8 Å². The number of esters is 1. The van der Waals surface area contributed by atoms with Crippen molar-refractivity contribution in [2.75, 3.05) is 57.2 Å². The van der Waals surface area contributed by atoms with Gasteiger partial charge in [-0.25, -0.2) is 14.8 Å². The second-order valence-electron chi connectivity index (χ2n) is 7.86. The summed E-state index contributed by atoms with van der Waals surface area (Å²) in [6.07, 6.45) is 1.51. The van der Waals surface area contributed by atoms with Gasteiger partial charge in [-0.3, -0.25) is 0 Å². The van der Waals surface area contributed by atoms with E-state index in [-0.39, 0.29) is 5.97 Å². The lowest BCUT2D eigenvalue weighted by atomic mass is 10.1. The van der Waals surface area contributed by atoms with Gasteiger partial charge in [0.2, 0.25) is 0 Å². The van der Waals surface area contributed by atoms with Crippen LogP contribution in [0, 0.1) is 0 Å². The first-order valence-corrected chi connectivity index (χ1v) is 11.1. The molecule has 1 aliphatic rings. The highest BCUT2D eigenvalue weighted by Crippen LogP contribution is 2.31. The fraction of sp³-hybridized carbons (Fsp3) is 0.320. The van der Waals surface area contributed by atoms with Gasteiger partial charge in [0, 0.05) is 43.5 Å². The third kappa shape index (κ3) is 5.23. The summed E-state index contributed by atoms with van der Waals surface area (Å²) >= 11 is 0. The van der Waals surface area contributed by atoms with Crippen molar-refractivity contribution in [3.8, 4) is 17.0 Å². The zero-order valence-electron chi connectivity index (χ0n) is 19.2. The van der Waals surface area contributed by atoms with Crippen LogP contribution in [0.3, 0.4) is 0 Å². The molecule has 8 nitrogen and oxygen atoms in total. The van der Waals surface area contributed by atoms with Crippen molar-refractivity contribution in [1.29, 1.82) is 0 Å². The standard InChI is InChI=1S/C25H29N5O3/c1-4-33-25(31)20-15-18(9-10-22(20)30-13-11-29(2)12-14-30)28-24-16-21(26-17-27-24)19-7-5-6-8-23(19)32-3/h5-10,15-17H,4,11-14H2,1-3H3,(H,26,27,28). The van der Waals surface area contributed by atoms with E-state index < -0.39 is 0 Å². The second-order valence-corrected chi connectivity index (χ2v) is 7.86. The number of nitrogens with one attached hydrogen (secondary N) is 1. The van der Waals surface area contributed by atoms with Gasteiger partial charge < -0.3 is 24.6 Å². The number of anilines is 3. The van der Waals surface area contributed by atoms with E-state index in [9.17, 15) is 4.79 Å². The van der Waals surface area contributed by atoms with E-state index in [4.69, 9.17) is 9.47 Å². The van der Waals surface area contributed by atoms with Gasteiger partial charge in [0.15, 0.2) is 0 Å². The van der Waals surface area contributed by atoms with Crippen LogP contribution in [0.4, 0.5) is 17.2 Å². The molecule has 2 aromatic carbocycles. The predicted molar refractivity (Wildman–Crippen MR) is 129 cm³/mol. The highest BCUT2D eigenvalue weighted by atomic mass is 16.5. The number of carbonyl (C=O) groups is 1. The Morgan fingerprint density at radius 2 is 1.85 bits per heavy atom. The van der Waals surface area contributed by atoms with Crippen molar-refractivity contribution in [3.05, 3.63) is 60.4 Å². The molecule has 0 aliphatic carbocycles. The van der Waals surface area contributed by atoms with Crippen LogP contribution in [0.5, 0.6) is 5.75 Å². The number of para-hydroxylation sites is 1. The van der Waals surface area contributed by atoms with Crippen molar-refractivity contribution in [2.45, 2.75) is 6.92 Å². The molecule has 1 saturated heterocycles. The largest absolute Gasteiger partial charge is 0.496 e. The predicted octanol–water partition coefficient (Wildman–Crippen LogP) is 3.82. The van der Waals surface area contributed by atoms with Crippen LogP contribution in [-0.4, -0.2) is 67.8 Å². The average Bonchev–Trinajstić information content (AvgIpc) is 2.85. The van der Waals surface area contributed by atoms with E-state index in [0.29, 0.717) is 18.0 Å². The summed E-state index contributed by atoms with van der Waals surface area (Å²) in [7, 11) is 3.75. The molecular formula is C25H29N5O3. The highest BCUT2D eigenvalue weighted by Gasteiger charge is 2.21. The molecule has 4 rings (SSSR count). The molecule has 1 aliphatic heterocycles. The molecule has 1 fully saturated rings. The van der Waals surface area contributed by atoms with Crippen LogP contribution in [0.2, 0.25) is 0 Å². The van der Waals surface area contributed by atoms with E-state index in [1.807, 2.05) is 55.5 Å². The fourth-order valence-corrected chi connectivity index (χ4v) is 3.89. The number of methoxy groups -OCH3 is 1. The Kier molecular flexibility index (Phi) is 7.04. The van der Waals surface area contributed by atoms with Crippen LogP contribution in [-0.2, 0) is 4.74 Å². The summed E-state index contributed by atoms with van der Waals surface area (Å²) in [5, 5.41) is 3.30. The molecule has 0 saturated carbocycles. The molecule has 1 aromatic heterocycles. The lowest BCUT2D eigenvalue weighted by molar-refractivity contribution is 0.0527. The Labute approximate surface area is 194 Å². The minimum atomic E-state index is -0.326. The van der Waals surface area contributed by atoms with E-state index in [1.54, 1.807) is 7.11 Å². The van der Waals surface area contributed by atoms with Crippen LogP contribution in [0.15, 0.2) is 54.9 Å². The van der Waals surface area contributed by atoms with Gasteiger partial charge >= 0.3 is 5.97 Å². The molecule has 0 atom stereocenters. The quantitative estimate of drug-likeness (QED) is 0.548. The molecule has 0 radical (unpaired) electrons. The number of hydrogen-bond acceptors (Lipinski definition) is 8. The molecule has 2 heterocycles. The molecule has 0 unspecified atom stereocenters. The van der Waals surface area contributed by atoms with Crippen LogP contribution >= 0.6 is 0 Å². The van der Waals surface area contributed by atoms with Crippen molar-refractivity contribution < 1.29 is 14.3 Å². The molecule has 172 valence electrons. The number of hydrogen-bond donors (Lipinski definition) is 1. The zero-order valence-corrected chi connectivity index (χ0v) is 19.2. The number of carbonyl (C=O) groups excluding carboxylic acids is 1. The number of nitrogens with zero attached hydrogens (tertiary/aromatic N) is 4. The highest BCUT2D eigenvalue weighted by molar-refractivity contribution is 5.97. The molecule has 8 heteroatoms. The normalized spacial score (nSPS) is 14.1. The van der Waals surface area contributed by atoms with Gasteiger partial charge in [-0.2, -0.15) is 0 Å². The minimum absolute atomic E-state index is 0.326. The van der Waals surface area contributed by atoms with E-state index in [1.165, 1.54) is 6.33 Å². The van der Waals surface area contributed by atoms with E-state index in [2.05, 4.69) is 32.1 Å². The summed E-state index contributed by atoms with van der Waals surface area (Å²) < 4.78 is 10.8. The first-order chi connectivity index (χ1) is 16.1. The number of rotatable bonds is 7. The van der Waals surface area contributed by atoms with Gasteiger partial charge in [-0.15, -0.1) is 0 Å². The SMILES string of the molecule is CCOC(=O)c1cc(Nc2cc(-c3ccccc3OC)ncn2)ccc1N1CCN(C)CC1. The second kappa shape index (κ2) is 10.3. The summed E-state index contributed by atoms with van der Waals surface area (Å²) in [4.78, 5) is 26.0. The van der Waals surface area contributed by atoms with Crippen LogP contribution in [0.25, 0.3) is 11.3 Å². The summed E-state index contributed by atoms with van der Waals surface area (Å²) in [5.41, 5.74) is 3.81. The van der Waals surface area contributed by atoms with Crippen molar-refractivity contribution in [2.24, 2.45) is 0 Å². The third-order valence-corrected chi connectivity index (χ3v) is 5.66. The summed E-state index contributed by atoms with van der Waals surface area (Å²) in [5.74, 6) is 1.03. The molecular weight excluding hydrogens is 418 g/mol. The van der Waals surface area contributed by atoms with E-state index >= 15 is 0 Å². The molecule has 0 spiro atoms. The molecule has 0 amide bonds. The first-order valence-electron chi connectivity index (χ1n) is 11.1. The monoisotopic (exact) mass is 447 g/mol. The summed E-state index contributed by atoms with van der Waals surface area (Å²) in [6, 6.07) is 15.3. The number of aromatic nitrogens is 2. The Morgan fingerprint density at radius 3 is 2.61 bits per heavy atom. The van der Waals surface area contributed by atoms with E-state index in [0.717, 1.165) is 54.6 Å². The lowest BCUT2D eigenvalue weighted by Gasteiger charge is -2.35. The van der Waals surface area contributed by atoms with Gasteiger partial charge in [0.25, 0.3) is 0 Å². The number of likely N-dealkylation sites (N-methyl/N-ethyl adjacent to an activating group) is 1. The molecule has 3 aromatic rings. The Bertz CT molecular complexity index is 1110. The smallest absolute Gasteiger partial charge is 0.340 e. The molecule has 1 N–H and O–H groups in total. The molecule has 33 heavy (non-hydrogen) atoms. The van der Waals surface area contributed by atoms with Crippen molar-refractivity contribution in [1.82, 2.24) is 14.9 Å². The maximum Gasteiger partial charge on any atom is 0.340 e. The maximum atomic E-state index is 12.8. The Hall–Kier alpha value is -3.65. The summed E-state index contributed by atoms with van der Waals surface area (Å²) in [6.45, 7) is 5.78. The number of ether oxygens (including phenoxy) is 2. The number of benzene rings is 2. The van der Waals surface area contributed by atoms with Gasteiger partial charge in [0.1, 0.15) is 17.9 Å². The van der Waals surface area contributed by atoms with Crippen LogP contribution < -0.4 is 15.0 Å². The number of piperazine rings is 1. The lowest BCUT2D eigenvalue weighted by Crippen LogP contribution is -2.45. The van der Waals surface area contributed by atoms with Crippen molar-refractivity contribution in [3.63, 3.8) is 0 Å². The van der Waals surface area contributed by atoms with Gasteiger partial charge in [-0.05, 0) is 44.3 Å². The van der Waals surface area contributed by atoms with Gasteiger partial charge in [-0.1, -0.05) is 12.1 Å². The molecule has 0 bridgehead atoms. The zero-order chi connectivity index (χ0) is 23.2. The fourth-order valence-electron chi connectivity index (χ4n) is 3.89. The van der Waals surface area contributed by atoms with Crippen LogP contribution in [0.1, 0.15) is 17.3 Å². The Morgan fingerprint density at radius 1 is 1.06 bits per heavy atom. The minimum Gasteiger partial charge on any atom is -0.496 e. The average molecular weight is 448 g/mol. The van der Waals surface area contributed by atoms with Crippen molar-refractivity contribution >= 4 is 23.2 Å². The first kappa shape index (κ1) is 22.5.